The molecule has 0 nitrogen and oxygen atoms in total. The molecule has 0 aliphatic heterocycles. The largest absolute Gasteiger partial charge is 0.0616 e. The van der Waals surface area contributed by atoms with E-state index in [2.05, 4.69) is 158 Å². The molecule has 0 N–H and O–H groups in total. The number of fused-ring (bicyclic) bond motifs is 5. The molecule has 0 fully saturated rings. The van der Waals surface area contributed by atoms with E-state index in [4.69, 9.17) is 0 Å². The fourth-order valence-electron chi connectivity index (χ4n) is 7.24. The van der Waals surface area contributed by atoms with E-state index < -0.39 is 0 Å². The minimum Gasteiger partial charge on any atom is -0.0616 e. The minimum absolute atomic E-state index is 1.26. The number of hydrogen-bond acceptors (Lipinski definition) is 0. The molecule has 1 aliphatic rings. The maximum atomic E-state index is 2.44. The molecule has 0 saturated carbocycles. The van der Waals surface area contributed by atoms with Crippen LogP contribution in [0.25, 0.3) is 88.0 Å². The molecule has 0 unspecified atom stereocenters. The van der Waals surface area contributed by atoms with Crippen LogP contribution in [0, 0.1) is 0 Å². The molecular weight excluding hydrogens is 504 g/mol. The zero-order chi connectivity index (χ0) is 27.6. The first-order valence-corrected chi connectivity index (χ1v) is 14.6. The average molecular weight is 531 g/mol. The lowest BCUT2D eigenvalue weighted by Crippen LogP contribution is -1.94. The van der Waals surface area contributed by atoms with Crippen molar-refractivity contribution in [2.45, 2.75) is 0 Å². The van der Waals surface area contributed by atoms with Gasteiger partial charge in [-0.25, -0.2) is 0 Å². The van der Waals surface area contributed by atoms with E-state index in [1.165, 1.54) is 88.0 Å². The van der Waals surface area contributed by atoms with Gasteiger partial charge in [-0.15, -0.1) is 0 Å². The third-order valence-electron chi connectivity index (χ3n) is 9.01. The van der Waals surface area contributed by atoms with Crippen molar-refractivity contribution in [3.05, 3.63) is 158 Å². The Labute approximate surface area is 245 Å². The summed E-state index contributed by atoms with van der Waals surface area (Å²) in [7, 11) is 0. The van der Waals surface area contributed by atoms with Crippen molar-refractivity contribution in [1.29, 1.82) is 0 Å². The van der Waals surface area contributed by atoms with Gasteiger partial charge in [-0.3, -0.25) is 0 Å². The Morgan fingerprint density at radius 1 is 0.238 bits per heavy atom. The fourth-order valence-corrected chi connectivity index (χ4v) is 7.24. The lowest BCUT2D eigenvalue weighted by Gasteiger charge is -2.21. The summed E-state index contributed by atoms with van der Waals surface area (Å²) in [5.41, 5.74) is 12.9. The van der Waals surface area contributed by atoms with Gasteiger partial charge in [0.25, 0.3) is 0 Å². The molecule has 1 aliphatic carbocycles. The van der Waals surface area contributed by atoms with Crippen LogP contribution in [0.2, 0.25) is 0 Å². The van der Waals surface area contributed by atoms with Crippen molar-refractivity contribution >= 4 is 32.3 Å². The van der Waals surface area contributed by atoms with E-state index in [1.807, 2.05) is 0 Å². The lowest BCUT2D eigenvalue weighted by molar-refractivity contribution is 1.60. The topological polar surface area (TPSA) is 0 Å². The highest BCUT2D eigenvalue weighted by Gasteiger charge is 2.28. The first-order valence-electron chi connectivity index (χ1n) is 14.6. The minimum atomic E-state index is 1.26. The first-order chi connectivity index (χ1) is 20.9. The molecule has 8 aromatic carbocycles. The van der Waals surface area contributed by atoms with Gasteiger partial charge in [-0.1, -0.05) is 152 Å². The van der Waals surface area contributed by atoms with Crippen LogP contribution in [0.15, 0.2) is 158 Å². The fraction of sp³-hybridized carbons (Fsp3) is 0. The van der Waals surface area contributed by atoms with Crippen LogP contribution >= 0.6 is 0 Å². The summed E-state index contributed by atoms with van der Waals surface area (Å²) in [6.45, 7) is 0. The second-order valence-electron chi connectivity index (χ2n) is 11.2. The predicted molar refractivity (Wildman–Crippen MR) is 180 cm³/mol. The van der Waals surface area contributed by atoms with Crippen LogP contribution < -0.4 is 0 Å². The Kier molecular flexibility index (Phi) is 5.00. The predicted octanol–water partition coefficient (Wildman–Crippen LogP) is 11.8. The summed E-state index contributed by atoms with van der Waals surface area (Å²) in [6.07, 6.45) is 0. The summed E-state index contributed by atoms with van der Waals surface area (Å²) in [4.78, 5) is 0. The summed E-state index contributed by atoms with van der Waals surface area (Å²) in [6, 6.07) is 58.0. The highest BCUT2D eigenvalue weighted by atomic mass is 14.3. The smallest absolute Gasteiger partial charge is 0.000785 e. The van der Waals surface area contributed by atoms with Crippen molar-refractivity contribution in [3.63, 3.8) is 0 Å². The molecule has 0 atom stereocenters. The molecule has 0 bridgehead atoms. The molecule has 9 rings (SSSR count). The number of rotatable bonds is 3. The summed E-state index contributed by atoms with van der Waals surface area (Å²) in [5.74, 6) is 0. The van der Waals surface area contributed by atoms with E-state index in [1.54, 1.807) is 0 Å². The molecule has 0 heterocycles. The molecule has 8 aromatic rings. The van der Waals surface area contributed by atoms with Gasteiger partial charge >= 0.3 is 0 Å². The second-order valence-corrected chi connectivity index (χ2v) is 11.2. The second kappa shape index (κ2) is 9.03. The average Bonchev–Trinajstić information content (AvgIpc) is 3.40. The van der Waals surface area contributed by atoms with Crippen LogP contribution in [0.3, 0.4) is 0 Å². The van der Waals surface area contributed by atoms with Crippen LogP contribution in [0.4, 0.5) is 0 Å². The third-order valence-corrected chi connectivity index (χ3v) is 9.01. The van der Waals surface area contributed by atoms with Crippen molar-refractivity contribution in [2.75, 3.05) is 0 Å². The van der Waals surface area contributed by atoms with Crippen molar-refractivity contribution in [3.8, 4) is 55.6 Å². The molecule has 0 heteroatoms. The lowest BCUT2D eigenvalue weighted by atomic mass is 9.82. The van der Waals surface area contributed by atoms with Gasteiger partial charge < -0.3 is 0 Å². The van der Waals surface area contributed by atoms with Gasteiger partial charge in [0.15, 0.2) is 0 Å². The Hall–Kier alpha value is -5.46. The van der Waals surface area contributed by atoms with Crippen molar-refractivity contribution in [1.82, 2.24) is 0 Å². The summed E-state index contributed by atoms with van der Waals surface area (Å²) < 4.78 is 0. The van der Waals surface area contributed by atoms with Gasteiger partial charge in [0, 0.05) is 0 Å². The van der Waals surface area contributed by atoms with E-state index in [-0.39, 0.29) is 0 Å². The van der Waals surface area contributed by atoms with Gasteiger partial charge in [-0.05, 0) is 94.0 Å². The molecule has 194 valence electrons. The maximum absolute atomic E-state index is 2.44. The zero-order valence-electron chi connectivity index (χ0n) is 23.0. The Bertz CT molecular complexity index is 2340. The van der Waals surface area contributed by atoms with Gasteiger partial charge in [-0.2, -0.15) is 0 Å². The van der Waals surface area contributed by atoms with Gasteiger partial charge in [0.05, 0.1) is 0 Å². The van der Waals surface area contributed by atoms with Crippen LogP contribution in [0.5, 0.6) is 0 Å². The standard InChI is InChI=1S/C42H26/c1-3-17-30-27(12-1)14-9-23-32(30)34-19-5-7-21-37(34)41-39(33-24-10-15-28-13-2-4-18-31(28)33)26-29-16-11-25-36-35-20-6-8-22-38(35)42(41)40(29)36/h1-26H. The monoisotopic (exact) mass is 530 g/mol. The highest BCUT2D eigenvalue weighted by molar-refractivity contribution is 6.23. The van der Waals surface area contributed by atoms with E-state index >= 15 is 0 Å². The van der Waals surface area contributed by atoms with Crippen LogP contribution in [-0.2, 0) is 0 Å². The highest BCUT2D eigenvalue weighted by Crippen LogP contribution is 2.55. The Balaban J connectivity index is 1.48. The molecular formula is C42H26. The normalized spacial score (nSPS) is 11.8. The first kappa shape index (κ1) is 23.3. The van der Waals surface area contributed by atoms with Crippen molar-refractivity contribution in [2.24, 2.45) is 0 Å². The molecule has 0 spiro atoms. The molecule has 0 radical (unpaired) electrons. The summed E-state index contributed by atoms with van der Waals surface area (Å²) in [5, 5.41) is 7.71. The maximum Gasteiger partial charge on any atom is -0.000785 e. The Morgan fingerprint density at radius 2 is 0.643 bits per heavy atom. The Morgan fingerprint density at radius 3 is 1.29 bits per heavy atom. The quantitative estimate of drug-likeness (QED) is 0.213. The SMILES string of the molecule is c1ccc(-c2cccc3ccccc23)c(-c2c(-c3cccc4ccccc34)cc3cccc4c3c2-c2ccccc2-4)c1. The van der Waals surface area contributed by atoms with E-state index in [0.29, 0.717) is 0 Å². The van der Waals surface area contributed by atoms with E-state index in [9.17, 15) is 0 Å². The van der Waals surface area contributed by atoms with Crippen LogP contribution in [-0.4, -0.2) is 0 Å². The third kappa shape index (κ3) is 3.30. The molecule has 0 amide bonds. The number of benzene rings is 8. The number of hydrogen-bond donors (Lipinski definition) is 0. The van der Waals surface area contributed by atoms with Gasteiger partial charge in [0.1, 0.15) is 0 Å². The molecule has 0 saturated heterocycles. The van der Waals surface area contributed by atoms with Crippen molar-refractivity contribution < 1.29 is 0 Å². The van der Waals surface area contributed by atoms with Gasteiger partial charge in [0.2, 0.25) is 0 Å². The molecule has 42 heavy (non-hydrogen) atoms. The zero-order valence-corrected chi connectivity index (χ0v) is 23.0. The van der Waals surface area contributed by atoms with E-state index in [0.717, 1.165) is 0 Å². The summed E-state index contributed by atoms with van der Waals surface area (Å²) >= 11 is 0. The molecule has 0 aromatic heterocycles. The van der Waals surface area contributed by atoms with Crippen LogP contribution in [0.1, 0.15) is 0 Å².